The van der Waals surface area contributed by atoms with Crippen molar-refractivity contribution in [3.8, 4) is 17.2 Å². The van der Waals surface area contributed by atoms with Crippen molar-refractivity contribution in [2.75, 3.05) is 12.0 Å². The van der Waals surface area contributed by atoms with Crippen molar-refractivity contribution in [3.63, 3.8) is 0 Å². The molecule has 0 radical (unpaired) electrons. The zero-order valence-electron chi connectivity index (χ0n) is 17.1. The van der Waals surface area contributed by atoms with Gasteiger partial charge in [0.1, 0.15) is 6.17 Å². The van der Waals surface area contributed by atoms with E-state index in [4.69, 9.17) is 15.0 Å². The van der Waals surface area contributed by atoms with E-state index in [1.165, 1.54) is 5.70 Å². The van der Waals surface area contributed by atoms with Gasteiger partial charge in [-0.15, -0.1) is 0 Å². The van der Waals surface area contributed by atoms with Crippen LogP contribution >= 0.6 is 0 Å². The topological polar surface area (TPSA) is 48.6 Å². The average molecular weight is 374 g/mol. The first-order valence-electron chi connectivity index (χ1n) is 9.81. The summed E-state index contributed by atoms with van der Waals surface area (Å²) in [5, 5.41) is 9.10. The first-order valence-corrected chi connectivity index (χ1v) is 9.81. The van der Waals surface area contributed by atoms with E-state index in [9.17, 15) is 0 Å². The quantitative estimate of drug-likeness (QED) is 0.655. The lowest BCUT2D eigenvalue weighted by Crippen LogP contribution is -2.37. The smallest absolute Gasteiger partial charge is 0.215 e. The Labute approximate surface area is 167 Å². The van der Waals surface area contributed by atoms with Crippen LogP contribution < -0.4 is 4.90 Å². The van der Waals surface area contributed by atoms with E-state index in [1.807, 2.05) is 24.3 Å². The maximum atomic E-state index is 9.10. The summed E-state index contributed by atoms with van der Waals surface area (Å²) >= 11 is 0. The predicted molar refractivity (Wildman–Crippen MR) is 115 cm³/mol. The highest BCUT2D eigenvalue weighted by atomic mass is 16.5. The van der Waals surface area contributed by atoms with Crippen LogP contribution in [0.25, 0.3) is 11.1 Å². The number of benzene rings is 2. The molecule has 1 heterocycles. The van der Waals surface area contributed by atoms with Crippen LogP contribution in [0.4, 0.5) is 5.69 Å². The average Bonchev–Trinajstić information content (AvgIpc) is 2.74. The maximum Gasteiger partial charge on any atom is 0.215 e. The first-order chi connectivity index (χ1) is 13.6. The number of anilines is 1. The maximum absolute atomic E-state index is 9.10. The molecule has 3 rings (SSSR count). The molecule has 4 nitrogen and oxygen atoms in total. The van der Waals surface area contributed by atoms with Gasteiger partial charge in [0.05, 0.1) is 24.4 Å². The summed E-state index contributed by atoms with van der Waals surface area (Å²) in [6.45, 7) is 6.41. The number of nitriles is 1. The Morgan fingerprint density at radius 1 is 1.14 bits per heavy atom. The Morgan fingerprint density at radius 2 is 1.86 bits per heavy atom. The fourth-order valence-electron chi connectivity index (χ4n) is 3.71. The van der Waals surface area contributed by atoms with E-state index in [-0.39, 0.29) is 6.17 Å². The van der Waals surface area contributed by atoms with Gasteiger partial charge in [-0.3, -0.25) is 0 Å². The number of hydrogen-bond donors (Lipinski definition) is 0. The van der Waals surface area contributed by atoms with Gasteiger partial charge in [0, 0.05) is 16.8 Å². The van der Waals surface area contributed by atoms with Crippen molar-refractivity contribution in [2.24, 2.45) is 4.99 Å². The standard InChI is InChI=1S/C24H27N3O/c1-5-6-10-22-17(2)24(28-4)26-18(3)27(22)23-11-8-7-9-21(23)20-14-12-19(16-25)13-15-20/h7-9,11-15,18H,5-6,10H2,1-4H3. The minimum absolute atomic E-state index is 0.0509. The molecule has 28 heavy (non-hydrogen) atoms. The van der Waals surface area contributed by atoms with E-state index >= 15 is 0 Å². The van der Waals surface area contributed by atoms with Crippen molar-refractivity contribution < 1.29 is 4.74 Å². The van der Waals surface area contributed by atoms with Gasteiger partial charge in [-0.05, 0) is 50.5 Å². The summed E-state index contributed by atoms with van der Waals surface area (Å²) in [6.07, 6.45) is 3.18. The van der Waals surface area contributed by atoms with Crippen molar-refractivity contribution in [1.82, 2.24) is 0 Å². The first kappa shape index (κ1) is 19.7. The van der Waals surface area contributed by atoms with Gasteiger partial charge in [-0.2, -0.15) is 5.26 Å². The highest BCUT2D eigenvalue weighted by molar-refractivity contribution is 5.96. The fraction of sp³-hybridized carbons (Fsp3) is 0.333. The Kier molecular flexibility index (Phi) is 6.16. The van der Waals surface area contributed by atoms with E-state index in [1.54, 1.807) is 7.11 Å². The summed E-state index contributed by atoms with van der Waals surface area (Å²) in [5.41, 5.74) is 6.39. The van der Waals surface area contributed by atoms with Crippen LogP contribution in [-0.4, -0.2) is 19.2 Å². The van der Waals surface area contributed by atoms with Crippen molar-refractivity contribution >= 4 is 11.6 Å². The molecule has 0 bridgehead atoms. The van der Waals surface area contributed by atoms with Crippen molar-refractivity contribution in [2.45, 2.75) is 46.2 Å². The predicted octanol–water partition coefficient (Wildman–Crippen LogP) is 5.90. The van der Waals surface area contributed by atoms with Crippen LogP contribution in [0.15, 0.2) is 64.8 Å². The van der Waals surface area contributed by atoms with Crippen molar-refractivity contribution in [3.05, 3.63) is 65.4 Å². The molecule has 0 aliphatic carbocycles. The lowest BCUT2D eigenvalue weighted by Gasteiger charge is -2.37. The van der Waals surface area contributed by atoms with Crippen LogP contribution in [0.1, 0.15) is 45.6 Å². The number of methoxy groups -OCH3 is 1. The largest absolute Gasteiger partial charge is 0.481 e. The van der Waals surface area contributed by atoms with Crippen LogP contribution in [-0.2, 0) is 4.74 Å². The second-order valence-corrected chi connectivity index (χ2v) is 7.02. The molecule has 0 saturated heterocycles. The highest BCUT2D eigenvalue weighted by Gasteiger charge is 2.28. The minimum atomic E-state index is -0.0509. The Bertz CT molecular complexity index is 935. The zero-order valence-corrected chi connectivity index (χ0v) is 17.1. The fourth-order valence-corrected chi connectivity index (χ4v) is 3.71. The molecule has 0 spiro atoms. The van der Waals surface area contributed by atoms with Crippen LogP contribution in [0.5, 0.6) is 0 Å². The normalized spacial score (nSPS) is 16.6. The summed E-state index contributed by atoms with van der Waals surface area (Å²) in [7, 11) is 1.69. The number of allylic oxidation sites excluding steroid dienone is 1. The van der Waals surface area contributed by atoms with Gasteiger partial charge in [-0.1, -0.05) is 43.7 Å². The number of unbranched alkanes of at least 4 members (excludes halogenated alkanes) is 1. The summed E-state index contributed by atoms with van der Waals surface area (Å²) in [5.74, 6) is 0.728. The van der Waals surface area contributed by atoms with E-state index in [0.717, 1.165) is 47.5 Å². The lowest BCUT2D eigenvalue weighted by molar-refractivity contribution is 0.393. The molecule has 0 fully saturated rings. The third-order valence-corrected chi connectivity index (χ3v) is 5.17. The lowest BCUT2D eigenvalue weighted by atomic mass is 9.98. The number of aliphatic imine (C=N–C) groups is 1. The molecule has 144 valence electrons. The molecular weight excluding hydrogens is 346 g/mol. The summed E-state index contributed by atoms with van der Waals surface area (Å²) in [4.78, 5) is 7.11. The van der Waals surface area contributed by atoms with Crippen LogP contribution in [0.3, 0.4) is 0 Å². The molecule has 4 heteroatoms. The Balaban J connectivity index is 2.11. The molecule has 1 aliphatic heterocycles. The number of para-hydroxylation sites is 1. The molecule has 1 atom stereocenters. The number of rotatable bonds is 5. The second kappa shape index (κ2) is 8.75. The zero-order chi connectivity index (χ0) is 20.1. The molecule has 2 aromatic carbocycles. The van der Waals surface area contributed by atoms with E-state index < -0.39 is 0 Å². The summed E-state index contributed by atoms with van der Waals surface area (Å²) < 4.78 is 5.54. The van der Waals surface area contributed by atoms with E-state index in [2.05, 4.69) is 56.0 Å². The third kappa shape index (κ3) is 3.80. The molecule has 0 aromatic heterocycles. The number of nitrogens with zero attached hydrogens (tertiary/aromatic N) is 3. The molecule has 2 aromatic rings. The molecule has 0 N–H and O–H groups in total. The molecule has 0 amide bonds. The highest BCUT2D eigenvalue weighted by Crippen LogP contribution is 2.38. The number of ether oxygens (including phenoxy) is 1. The SMILES string of the molecule is CCCCC1=C(C)C(OC)=NC(C)N1c1ccccc1-c1ccc(C#N)cc1. The van der Waals surface area contributed by atoms with Crippen LogP contribution in [0, 0.1) is 11.3 Å². The van der Waals surface area contributed by atoms with Crippen LogP contribution in [0.2, 0.25) is 0 Å². The van der Waals surface area contributed by atoms with Gasteiger partial charge in [0.2, 0.25) is 5.90 Å². The molecule has 0 saturated carbocycles. The summed E-state index contributed by atoms with van der Waals surface area (Å²) in [6, 6.07) is 18.3. The second-order valence-electron chi connectivity index (χ2n) is 7.02. The van der Waals surface area contributed by atoms with E-state index in [0.29, 0.717) is 5.56 Å². The minimum Gasteiger partial charge on any atom is -0.481 e. The van der Waals surface area contributed by atoms with Gasteiger partial charge < -0.3 is 9.64 Å². The van der Waals surface area contributed by atoms with Gasteiger partial charge in [-0.25, -0.2) is 4.99 Å². The van der Waals surface area contributed by atoms with Crippen molar-refractivity contribution in [1.29, 1.82) is 5.26 Å². The molecule has 1 aliphatic rings. The monoisotopic (exact) mass is 373 g/mol. The molecule has 1 unspecified atom stereocenters. The van der Waals surface area contributed by atoms with Gasteiger partial charge in [0.15, 0.2) is 0 Å². The Morgan fingerprint density at radius 3 is 2.50 bits per heavy atom. The van der Waals surface area contributed by atoms with Gasteiger partial charge in [0.25, 0.3) is 0 Å². The third-order valence-electron chi connectivity index (χ3n) is 5.17. The Hall–Kier alpha value is -3.06. The number of hydrogen-bond acceptors (Lipinski definition) is 4. The molecular formula is C24H27N3O. The van der Waals surface area contributed by atoms with Gasteiger partial charge >= 0.3 is 0 Å².